The largest absolute Gasteiger partial charge is 0.328 e. The molecule has 0 radical (unpaired) electrons. The third kappa shape index (κ3) is 1.08. The third-order valence-electron chi connectivity index (χ3n) is 2.04. The van der Waals surface area contributed by atoms with Crippen LogP contribution in [0.15, 0.2) is 41.2 Å². The molecule has 0 aromatic rings. The van der Waals surface area contributed by atoms with Crippen molar-refractivity contribution in [3.8, 4) is 0 Å². The Bertz CT molecular complexity index is 286. The smallest absolute Gasteiger partial charge is 0.0952 e. The van der Waals surface area contributed by atoms with E-state index in [0.717, 1.165) is 5.57 Å². The van der Waals surface area contributed by atoms with E-state index in [9.17, 15) is 0 Å². The van der Waals surface area contributed by atoms with Crippen molar-refractivity contribution in [1.82, 2.24) is 4.90 Å². The van der Waals surface area contributed by atoms with Crippen molar-refractivity contribution in [3.63, 3.8) is 0 Å². The number of hydrogen-bond donors (Lipinski definition) is 1. The summed E-state index contributed by atoms with van der Waals surface area (Å²) in [5.41, 5.74) is 6.73. The maximum absolute atomic E-state index is 5.58. The second-order valence-electron chi connectivity index (χ2n) is 2.79. The Morgan fingerprint density at radius 3 is 3.25 bits per heavy atom. The molecule has 3 nitrogen and oxygen atoms in total. The Hall–Kier alpha value is -1.35. The van der Waals surface area contributed by atoms with Crippen LogP contribution in [0, 0.1) is 0 Å². The van der Waals surface area contributed by atoms with Crippen LogP contribution >= 0.6 is 0 Å². The van der Waals surface area contributed by atoms with Gasteiger partial charge in [-0.05, 0) is 11.6 Å². The maximum atomic E-state index is 5.58. The fraction of sp³-hybridized carbons (Fsp3) is 0.222. The van der Waals surface area contributed by atoms with Crippen LogP contribution in [0.5, 0.6) is 0 Å². The van der Waals surface area contributed by atoms with Crippen molar-refractivity contribution in [1.29, 1.82) is 0 Å². The summed E-state index contributed by atoms with van der Waals surface area (Å²) in [4.78, 5) is 6.13. The molecule has 0 saturated heterocycles. The molecule has 2 aliphatic rings. The summed E-state index contributed by atoms with van der Waals surface area (Å²) in [6, 6.07) is 0.289. The quantitative estimate of drug-likeness (QED) is 0.612. The summed E-state index contributed by atoms with van der Waals surface area (Å²) < 4.78 is 0. The lowest BCUT2D eigenvalue weighted by molar-refractivity contribution is 0.510. The number of rotatable bonds is 1. The van der Waals surface area contributed by atoms with Gasteiger partial charge >= 0.3 is 0 Å². The summed E-state index contributed by atoms with van der Waals surface area (Å²) in [5, 5.41) is 0. The lowest BCUT2D eigenvalue weighted by Crippen LogP contribution is -2.35. The molecule has 1 atom stereocenters. The first-order valence-corrected chi connectivity index (χ1v) is 3.96. The standard InChI is InChI=1S/C9H11N3/c10-5-8-6-11-7-12-4-2-1-3-9(8)12/h1-4,6-7,9H,5,10H2/t9-/m1/s1. The average Bonchev–Trinajstić information content (AvgIpc) is 2.17. The number of nitrogens with two attached hydrogens (primary N) is 1. The van der Waals surface area contributed by atoms with Crippen LogP contribution in [-0.2, 0) is 0 Å². The van der Waals surface area contributed by atoms with Gasteiger partial charge in [0.2, 0.25) is 0 Å². The fourth-order valence-electron chi connectivity index (χ4n) is 1.39. The van der Waals surface area contributed by atoms with Crippen LogP contribution in [0.1, 0.15) is 0 Å². The number of fused-ring (bicyclic) bond motifs is 1. The van der Waals surface area contributed by atoms with Gasteiger partial charge in [-0.3, -0.25) is 0 Å². The number of allylic oxidation sites excluding steroid dienone is 2. The van der Waals surface area contributed by atoms with E-state index in [4.69, 9.17) is 5.73 Å². The molecule has 0 fully saturated rings. The first-order chi connectivity index (χ1) is 5.92. The minimum Gasteiger partial charge on any atom is -0.328 e. The van der Waals surface area contributed by atoms with E-state index in [-0.39, 0.29) is 6.04 Å². The minimum atomic E-state index is 0.289. The Labute approximate surface area is 71.6 Å². The zero-order chi connectivity index (χ0) is 8.39. The van der Waals surface area contributed by atoms with Crippen LogP contribution in [0.4, 0.5) is 0 Å². The average molecular weight is 161 g/mol. The van der Waals surface area contributed by atoms with Crippen molar-refractivity contribution in [2.45, 2.75) is 6.04 Å². The first kappa shape index (κ1) is 7.31. The van der Waals surface area contributed by atoms with Gasteiger partial charge in [-0.25, -0.2) is 4.99 Å². The molecule has 62 valence electrons. The summed E-state index contributed by atoms with van der Waals surface area (Å²) in [5.74, 6) is 0. The molecule has 0 unspecified atom stereocenters. The molecule has 12 heavy (non-hydrogen) atoms. The third-order valence-corrected chi connectivity index (χ3v) is 2.04. The second-order valence-corrected chi connectivity index (χ2v) is 2.79. The second kappa shape index (κ2) is 2.95. The van der Waals surface area contributed by atoms with Crippen LogP contribution < -0.4 is 5.73 Å². The highest BCUT2D eigenvalue weighted by Gasteiger charge is 2.18. The first-order valence-electron chi connectivity index (χ1n) is 3.96. The van der Waals surface area contributed by atoms with Gasteiger partial charge in [0, 0.05) is 18.9 Å². The summed E-state index contributed by atoms with van der Waals surface area (Å²) in [7, 11) is 0. The van der Waals surface area contributed by atoms with Crippen LogP contribution in [0.3, 0.4) is 0 Å². The summed E-state index contributed by atoms with van der Waals surface area (Å²) >= 11 is 0. The molecule has 0 bridgehead atoms. The van der Waals surface area contributed by atoms with Crippen molar-refractivity contribution in [2.24, 2.45) is 10.7 Å². The molecular weight excluding hydrogens is 150 g/mol. The van der Waals surface area contributed by atoms with Crippen molar-refractivity contribution in [2.75, 3.05) is 6.54 Å². The predicted octanol–water partition coefficient (Wildman–Crippen LogP) is 0.625. The van der Waals surface area contributed by atoms with E-state index >= 15 is 0 Å². The number of nitrogens with zero attached hydrogens (tertiary/aromatic N) is 2. The van der Waals surface area contributed by atoms with Crippen molar-refractivity contribution in [3.05, 3.63) is 36.2 Å². The van der Waals surface area contributed by atoms with Gasteiger partial charge in [0.15, 0.2) is 0 Å². The Morgan fingerprint density at radius 2 is 2.42 bits per heavy atom. The number of aliphatic imine (C=N–C) groups is 1. The molecule has 2 heterocycles. The van der Waals surface area contributed by atoms with E-state index in [0.29, 0.717) is 6.54 Å². The van der Waals surface area contributed by atoms with Gasteiger partial charge in [-0.2, -0.15) is 0 Å². The van der Waals surface area contributed by atoms with Crippen LogP contribution in [0.2, 0.25) is 0 Å². The van der Waals surface area contributed by atoms with E-state index in [1.807, 2.05) is 35.8 Å². The highest BCUT2D eigenvalue weighted by molar-refractivity contribution is 5.62. The molecule has 0 aromatic heterocycles. The molecule has 0 saturated carbocycles. The van der Waals surface area contributed by atoms with E-state index < -0.39 is 0 Å². The van der Waals surface area contributed by atoms with E-state index in [1.165, 1.54) is 0 Å². The van der Waals surface area contributed by atoms with Gasteiger partial charge in [0.25, 0.3) is 0 Å². The highest BCUT2D eigenvalue weighted by atomic mass is 15.2. The molecule has 0 aliphatic carbocycles. The van der Waals surface area contributed by atoms with Crippen molar-refractivity contribution >= 4 is 6.34 Å². The fourth-order valence-corrected chi connectivity index (χ4v) is 1.39. The summed E-state index contributed by atoms with van der Waals surface area (Å²) in [6.07, 6.45) is 11.8. The van der Waals surface area contributed by atoms with Crippen LogP contribution in [-0.4, -0.2) is 23.8 Å². The van der Waals surface area contributed by atoms with Crippen LogP contribution in [0.25, 0.3) is 0 Å². The molecule has 2 aliphatic heterocycles. The van der Waals surface area contributed by atoms with Gasteiger partial charge in [0.1, 0.15) is 0 Å². The topological polar surface area (TPSA) is 41.6 Å². The zero-order valence-corrected chi connectivity index (χ0v) is 6.72. The van der Waals surface area contributed by atoms with Gasteiger partial charge in [-0.15, -0.1) is 0 Å². The predicted molar refractivity (Wildman–Crippen MR) is 49.5 cm³/mol. The van der Waals surface area contributed by atoms with E-state index in [1.54, 1.807) is 0 Å². The number of hydrogen-bond acceptors (Lipinski definition) is 3. The molecule has 0 aromatic carbocycles. The van der Waals surface area contributed by atoms with Gasteiger partial charge < -0.3 is 10.6 Å². The molecule has 2 N–H and O–H groups in total. The normalized spacial score (nSPS) is 25.6. The zero-order valence-electron chi connectivity index (χ0n) is 6.72. The molecule has 2 rings (SSSR count). The van der Waals surface area contributed by atoms with Gasteiger partial charge in [-0.1, -0.05) is 12.2 Å². The molecule has 0 spiro atoms. The molecule has 3 heteroatoms. The molecular formula is C9H11N3. The minimum absolute atomic E-state index is 0.289. The maximum Gasteiger partial charge on any atom is 0.0952 e. The lowest BCUT2D eigenvalue weighted by Gasteiger charge is -2.29. The summed E-state index contributed by atoms with van der Waals surface area (Å²) in [6.45, 7) is 0.566. The Morgan fingerprint density at radius 1 is 1.50 bits per heavy atom. The van der Waals surface area contributed by atoms with Gasteiger partial charge in [0.05, 0.1) is 12.4 Å². The SMILES string of the molecule is NCC1=CN=CN2C=CC=C[C@H]12. The van der Waals surface area contributed by atoms with Crippen molar-refractivity contribution < 1.29 is 0 Å². The monoisotopic (exact) mass is 161 g/mol. The Kier molecular flexibility index (Phi) is 1.80. The highest BCUT2D eigenvalue weighted by Crippen LogP contribution is 2.17. The van der Waals surface area contributed by atoms with E-state index in [2.05, 4.69) is 11.1 Å². The molecule has 0 amide bonds. The Balaban J connectivity index is 2.28. The lowest BCUT2D eigenvalue weighted by atomic mass is 10.0.